The number of benzene rings is 1. The van der Waals surface area contributed by atoms with Gasteiger partial charge in [0.25, 0.3) is 0 Å². The molecule has 96 valence electrons. The summed E-state index contributed by atoms with van der Waals surface area (Å²) in [6, 6.07) is 7.90. The van der Waals surface area contributed by atoms with Crippen LogP contribution < -0.4 is 4.74 Å². The van der Waals surface area contributed by atoms with E-state index in [4.69, 9.17) is 9.47 Å². The van der Waals surface area contributed by atoms with Crippen molar-refractivity contribution in [2.75, 3.05) is 33.4 Å². The minimum Gasteiger partial charge on any atom is -0.496 e. The van der Waals surface area contributed by atoms with Crippen molar-refractivity contribution in [1.82, 2.24) is 4.90 Å². The fourth-order valence-corrected chi connectivity index (χ4v) is 2.61. The topological polar surface area (TPSA) is 45.5 Å². The van der Waals surface area contributed by atoms with Gasteiger partial charge in [-0.2, -0.15) is 5.26 Å². The molecule has 0 amide bonds. The number of methoxy groups -OCH3 is 1. The third-order valence-electron chi connectivity index (χ3n) is 3.02. The highest BCUT2D eigenvalue weighted by atomic mass is 79.9. The van der Waals surface area contributed by atoms with Crippen LogP contribution in [0.2, 0.25) is 0 Å². The van der Waals surface area contributed by atoms with E-state index in [0.29, 0.717) is 13.2 Å². The summed E-state index contributed by atoms with van der Waals surface area (Å²) >= 11 is 3.45. The van der Waals surface area contributed by atoms with E-state index < -0.39 is 0 Å². The quantitative estimate of drug-likeness (QED) is 0.860. The summed E-state index contributed by atoms with van der Waals surface area (Å²) in [5, 5.41) is 9.37. The molecule has 5 heteroatoms. The summed E-state index contributed by atoms with van der Waals surface area (Å²) < 4.78 is 11.4. The lowest BCUT2D eigenvalue weighted by molar-refractivity contribution is 0.0266. The first-order valence-corrected chi connectivity index (χ1v) is 6.60. The number of nitrogens with zero attached hydrogens (tertiary/aromatic N) is 2. The zero-order valence-electron chi connectivity index (χ0n) is 10.2. The summed E-state index contributed by atoms with van der Waals surface area (Å²) in [6.45, 7) is 2.97. The summed E-state index contributed by atoms with van der Waals surface area (Å²) in [7, 11) is 1.63. The first-order chi connectivity index (χ1) is 8.76. The number of ether oxygens (including phenoxy) is 2. The largest absolute Gasteiger partial charge is 0.496 e. The Morgan fingerprint density at radius 3 is 2.72 bits per heavy atom. The molecule has 0 aliphatic carbocycles. The molecule has 2 rings (SSSR count). The summed E-state index contributed by atoms with van der Waals surface area (Å²) in [5.74, 6) is 0.775. The molecular formula is C13H15BrN2O2. The number of hydrogen-bond donors (Lipinski definition) is 0. The van der Waals surface area contributed by atoms with Gasteiger partial charge in [-0.3, -0.25) is 4.90 Å². The van der Waals surface area contributed by atoms with Crippen LogP contribution in [-0.4, -0.2) is 38.3 Å². The third kappa shape index (κ3) is 2.83. The molecule has 1 aliphatic heterocycles. The normalized spacial score (nSPS) is 18.1. The lowest BCUT2D eigenvalue weighted by Crippen LogP contribution is -2.38. The second-order valence-corrected chi connectivity index (χ2v) is 4.93. The lowest BCUT2D eigenvalue weighted by Gasteiger charge is -2.30. The highest BCUT2D eigenvalue weighted by Gasteiger charge is 2.22. The monoisotopic (exact) mass is 310 g/mol. The molecule has 1 fully saturated rings. The minimum atomic E-state index is -0.226. The molecule has 1 aromatic rings. The second kappa shape index (κ2) is 6.19. The Hall–Kier alpha value is -1.09. The number of hydrogen-bond acceptors (Lipinski definition) is 4. The van der Waals surface area contributed by atoms with Crippen LogP contribution in [0.15, 0.2) is 22.7 Å². The zero-order valence-corrected chi connectivity index (χ0v) is 11.8. The van der Waals surface area contributed by atoms with Gasteiger partial charge in [0.15, 0.2) is 0 Å². The molecule has 1 aromatic carbocycles. The van der Waals surface area contributed by atoms with Gasteiger partial charge in [-0.25, -0.2) is 0 Å². The Bertz CT molecular complexity index is 453. The SMILES string of the molecule is COc1ccc(C(C#N)N2CCOCC2)cc1Br. The van der Waals surface area contributed by atoms with Crippen molar-refractivity contribution in [3.63, 3.8) is 0 Å². The molecule has 0 radical (unpaired) electrons. The van der Waals surface area contributed by atoms with E-state index in [2.05, 4.69) is 26.9 Å². The Kier molecular flexibility index (Phi) is 4.59. The van der Waals surface area contributed by atoms with Crippen molar-refractivity contribution in [2.45, 2.75) is 6.04 Å². The molecule has 18 heavy (non-hydrogen) atoms. The fourth-order valence-electron chi connectivity index (χ4n) is 2.06. The van der Waals surface area contributed by atoms with Crippen molar-refractivity contribution < 1.29 is 9.47 Å². The summed E-state index contributed by atoms with van der Waals surface area (Å²) in [6.07, 6.45) is 0. The van der Waals surface area contributed by atoms with Crippen molar-refractivity contribution in [3.05, 3.63) is 28.2 Å². The van der Waals surface area contributed by atoms with E-state index in [1.54, 1.807) is 7.11 Å². The van der Waals surface area contributed by atoms with E-state index in [1.165, 1.54) is 0 Å². The van der Waals surface area contributed by atoms with Crippen molar-refractivity contribution in [2.24, 2.45) is 0 Å². The van der Waals surface area contributed by atoms with Gasteiger partial charge in [0, 0.05) is 13.1 Å². The van der Waals surface area contributed by atoms with Crippen LogP contribution in [-0.2, 0) is 4.74 Å². The smallest absolute Gasteiger partial charge is 0.133 e. The molecule has 1 heterocycles. The third-order valence-corrected chi connectivity index (χ3v) is 3.64. The average molecular weight is 311 g/mol. The molecule has 0 saturated carbocycles. The fraction of sp³-hybridized carbons (Fsp3) is 0.462. The Morgan fingerprint density at radius 2 is 2.17 bits per heavy atom. The van der Waals surface area contributed by atoms with Gasteiger partial charge in [0.05, 0.1) is 30.9 Å². The number of nitriles is 1. The summed E-state index contributed by atoms with van der Waals surface area (Å²) in [5.41, 5.74) is 0.979. The molecule has 4 nitrogen and oxygen atoms in total. The van der Waals surface area contributed by atoms with E-state index in [0.717, 1.165) is 28.9 Å². The van der Waals surface area contributed by atoms with E-state index in [1.807, 2.05) is 18.2 Å². The lowest BCUT2D eigenvalue weighted by atomic mass is 10.1. The van der Waals surface area contributed by atoms with E-state index >= 15 is 0 Å². The Balaban J connectivity index is 2.22. The van der Waals surface area contributed by atoms with Crippen LogP contribution in [0.25, 0.3) is 0 Å². The molecule has 0 spiro atoms. The highest BCUT2D eigenvalue weighted by molar-refractivity contribution is 9.10. The van der Waals surface area contributed by atoms with Crippen molar-refractivity contribution in [3.8, 4) is 11.8 Å². The van der Waals surface area contributed by atoms with Crippen LogP contribution in [0, 0.1) is 11.3 Å². The molecule has 0 bridgehead atoms. The van der Waals surface area contributed by atoms with Gasteiger partial charge in [-0.1, -0.05) is 6.07 Å². The second-order valence-electron chi connectivity index (χ2n) is 4.07. The Labute approximate surface area is 115 Å². The first-order valence-electron chi connectivity index (χ1n) is 5.81. The van der Waals surface area contributed by atoms with Crippen molar-refractivity contribution >= 4 is 15.9 Å². The van der Waals surface area contributed by atoms with Gasteiger partial charge < -0.3 is 9.47 Å². The number of rotatable bonds is 3. The van der Waals surface area contributed by atoms with E-state index in [9.17, 15) is 5.26 Å². The van der Waals surface area contributed by atoms with Crippen molar-refractivity contribution in [1.29, 1.82) is 5.26 Å². The van der Waals surface area contributed by atoms with Crippen LogP contribution >= 0.6 is 15.9 Å². The molecule has 1 unspecified atom stereocenters. The molecule has 1 saturated heterocycles. The number of morpholine rings is 1. The molecular weight excluding hydrogens is 296 g/mol. The van der Waals surface area contributed by atoms with E-state index in [-0.39, 0.29) is 6.04 Å². The van der Waals surface area contributed by atoms with Gasteiger partial charge in [0.1, 0.15) is 11.8 Å². The maximum absolute atomic E-state index is 9.37. The van der Waals surface area contributed by atoms with Crippen LogP contribution in [0.5, 0.6) is 5.75 Å². The van der Waals surface area contributed by atoms with Crippen LogP contribution in [0.3, 0.4) is 0 Å². The summed E-state index contributed by atoms with van der Waals surface area (Å²) in [4.78, 5) is 2.14. The first kappa shape index (κ1) is 13.3. The Morgan fingerprint density at radius 1 is 1.44 bits per heavy atom. The predicted molar refractivity (Wildman–Crippen MR) is 71.4 cm³/mol. The average Bonchev–Trinajstić information content (AvgIpc) is 2.41. The zero-order chi connectivity index (χ0) is 13.0. The maximum atomic E-state index is 9.37. The van der Waals surface area contributed by atoms with Gasteiger partial charge >= 0.3 is 0 Å². The van der Waals surface area contributed by atoms with Gasteiger partial charge in [0.2, 0.25) is 0 Å². The van der Waals surface area contributed by atoms with Gasteiger partial charge in [-0.15, -0.1) is 0 Å². The standard InChI is InChI=1S/C13H15BrN2O2/c1-17-13-3-2-10(8-11(13)14)12(9-15)16-4-6-18-7-5-16/h2-3,8,12H,4-7H2,1H3. The molecule has 0 N–H and O–H groups in total. The minimum absolute atomic E-state index is 0.226. The van der Waals surface area contributed by atoms with Crippen LogP contribution in [0.4, 0.5) is 0 Å². The number of halogens is 1. The van der Waals surface area contributed by atoms with Gasteiger partial charge in [-0.05, 0) is 33.6 Å². The maximum Gasteiger partial charge on any atom is 0.133 e. The molecule has 1 atom stereocenters. The molecule has 0 aromatic heterocycles. The molecule has 1 aliphatic rings. The van der Waals surface area contributed by atoms with Crippen LogP contribution in [0.1, 0.15) is 11.6 Å². The highest BCUT2D eigenvalue weighted by Crippen LogP contribution is 2.30. The predicted octanol–water partition coefficient (Wildman–Crippen LogP) is 2.35.